The Morgan fingerprint density at radius 1 is 0.947 bits per heavy atom. The molecule has 2 nitrogen and oxygen atoms in total. The zero-order valence-corrected chi connectivity index (χ0v) is 11.2. The lowest BCUT2D eigenvalue weighted by Gasteiger charge is -2.07. The van der Waals surface area contributed by atoms with E-state index in [1.807, 2.05) is 43.4 Å². The lowest BCUT2D eigenvalue weighted by atomic mass is 10.1. The number of thiophene rings is 1. The van der Waals surface area contributed by atoms with Gasteiger partial charge in [0.1, 0.15) is 4.70 Å². The maximum absolute atomic E-state index is 12.6. The molecule has 0 saturated carbocycles. The molecule has 0 fully saturated rings. The van der Waals surface area contributed by atoms with Gasteiger partial charge in [-0.25, -0.2) is 0 Å². The molecule has 0 saturated heterocycles. The normalized spacial score (nSPS) is 11.6. The smallest absolute Gasteiger partial charge is 0.207 e. The summed E-state index contributed by atoms with van der Waals surface area (Å²) in [4.78, 5) is 12.6. The Morgan fingerprint density at radius 3 is 2.47 bits per heavy atom. The van der Waals surface area contributed by atoms with Gasteiger partial charge >= 0.3 is 0 Å². The van der Waals surface area contributed by atoms with E-state index >= 15 is 0 Å². The van der Waals surface area contributed by atoms with Crippen LogP contribution in [-0.4, -0.2) is 4.57 Å². The molecule has 0 atom stereocenters. The topological polar surface area (TPSA) is 22.0 Å². The van der Waals surface area contributed by atoms with Crippen LogP contribution in [0.2, 0.25) is 0 Å². The molecule has 0 N–H and O–H groups in total. The Labute approximate surface area is 113 Å². The first-order valence-corrected chi connectivity index (χ1v) is 6.98. The largest absolute Gasteiger partial charge is 0.342 e. The fourth-order valence-electron chi connectivity index (χ4n) is 2.72. The van der Waals surface area contributed by atoms with Crippen LogP contribution in [0.15, 0.2) is 53.3 Å². The number of aryl methyl sites for hydroxylation is 1. The number of benzene rings is 2. The lowest BCUT2D eigenvalue weighted by molar-refractivity contribution is 1.01. The molecule has 3 heteroatoms. The van der Waals surface area contributed by atoms with E-state index in [-0.39, 0.29) is 5.43 Å². The third-order valence-corrected chi connectivity index (χ3v) is 4.78. The van der Waals surface area contributed by atoms with Crippen molar-refractivity contribution < 1.29 is 0 Å². The molecule has 92 valence electrons. The minimum absolute atomic E-state index is 0.143. The SMILES string of the molecule is Cn1c2ccccc2c(=O)c2sc3ccccc3c21. The molecule has 0 bridgehead atoms. The summed E-state index contributed by atoms with van der Waals surface area (Å²) in [5.41, 5.74) is 2.18. The molecule has 0 spiro atoms. The van der Waals surface area contributed by atoms with Crippen LogP contribution in [0.3, 0.4) is 0 Å². The zero-order valence-electron chi connectivity index (χ0n) is 10.4. The summed E-state index contributed by atoms with van der Waals surface area (Å²) in [6.07, 6.45) is 0. The highest BCUT2D eigenvalue weighted by molar-refractivity contribution is 7.25. The summed E-state index contributed by atoms with van der Waals surface area (Å²) >= 11 is 1.58. The number of nitrogens with zero attached hydrogens (tertiary/aromatic N) is 1. The second-order valence-electron chi connectivity index (χ2n) is 4.68. The summed E-state index contributed by atoms with van der Waals surface area (Å²) in [7, 11) is 2.03. The van der Waals surface area contributed by atoms with Crippen molar-refractivity contribution in [2.24, 2.45) is 7.05 Å². The predicted molar refractivity (Wildman–Crippen MR) is 82.1 cm³/mol. The summed E-state index contributed by atoms with van der Waals surface area (Å²) in [5.74, 6) is 0. The average molecular weight is 265 g/mol. The van der Waals surface area contributed by atoms with Gasteiger partial charge in [-0.05, 0) is 18.2 Å². The Balaban J connectivity index is 2.43. The van der Waals surface area contributed by atoms with Crippen LogP contribution in [0.1, 0.15) is 0 Å². The van der Waals surface area contributed by atoms with Crippen molar-refractivity contribution in [1.29, 1.82) is 0 Å². The fraction of sp³-hybridized carbons (Fsp3) is 0.0625. The number of para-hydroxylation sites is 1. The monoisotopic (exact) mass is 265 g/mol. The van der Waals surface area contributed by atoms with Crippen LogP contribution in [0, 0.1) is 0 Å². The first-order chi connectivity index (χ1) is 9.27. The molecule has 19 heavy (non-hydrogen) atoms. The van der Waals surface area contributed by atoms with Crippen molar-refractivity contribution in [2.75, 3.05) is 0 Å². The third-order valence-electron chi connectivity index (χ3n) is 3.62. The van der Waals surface area contributed by atoms with Crippen LogP contribution in [-0.2, 0) is 7.05 Å². The molecule has 4 aromatic rings. The fourth-order valence-corrected chi connectivity index (χ4v) is 3.91. The molecule has 0 aliphatic heterocycles. The number of hydrogen-bond donors (Lipinski definition) is 0. The standard InChI is InChI=1S/C16H11NOS/c1-17-12-8-4-2-6-10(12)15(18)16-14(17)11-7-3-5-9-13(11)19-16/h2-9H,1H3. The van der Waals surface area contributed by atoms with Gasteiger partial charge in [-0.1, -0.05) is 30.3 Å². The molecule has 0 aliphatic rings. The maximum atomic E-state index is 12.6. The van der Waals surface area contributed by atoms with E-state index in [1.165, 1.54) is 4.70 Å². The van der Waals surface area contributed by atoms with Gasteiger partial charge < -0.3 is 4.57 Å². The van der Waals surface area contributed by atoms with E-state index in [1.54, 1.807) is 11.3 Å². The summed E-state index contributed by atoms with van der Waals surface area (Å²) in [6, 6.07) is 16.0. The minimum atomic E-state index is 0.143. The summed E-state index contributed by atoms with van der Waals surface area (Å²) < 4.78 is 4.15. The molecule has 2 heterocycles. The van der Waals surface area contributed by atoms with Gasteiger partial charge in [-0.3, -0.25) is 4.79 Å². The second-order valence-corrected chi connectivity index (χ2v) is 5.73. The Hall–Kier alpha value is -2.13. The lowest BCUT2D eigenvalue weighted by Crippen LogP contribution is -2.06. The van der Waals surface area contributed by atoms with Crippen molar-refractivity contribution in [3.8, 4) is 0 Å². The van der Waals surface area contributed by atoms with Crippen LogP contribution >= 0.6 is 11.3 Å². The van der Waals surface area contributed by atoms with Gasteiger partial charge in [0.15, 0.2) is 0 Å². The average Bonchev–Trinajstić information content (AvgIpc) is 2.84. The molecular formula is C16H11NOS. The highest BCUT2D eigenvalue weighted by atomic mass is 32.1. The molecular weight excluding hydrogens is 254 g/mol. The van der Waals surface area contributed by atoms with Crippen molar-refractivity contribution in [3.63, 3.8) is 0 Å². The molecule has 2 aromatic heterocycles. The number of rotatable bonds is 0. The van der Waals surface area contributed by atoms with E-state index in [4.69, 9.17) is 0 Å². The number of pyridine rings is 1. The van der Waals surface area contributed by atoms with Gasteiger partial charge in [0.25, 0.3) is 0 Å². The van der Waals surface area contributed by atoms with Crippen molar-refractivity contribution in [1.82, 2.24) is 4.57 Å². The molecule has 0 unspecified atom stereocenters. The zero-order chi connectivity index (χ0) is 13.0. The Kier molecular flexibility index (Phi) is 2.09. The number of aromatic nitrogens is 1. The quantitative estimate of drug-likeness (QED) is 0.472. The molecule has 0 radical (unpaired) electrons. The van der Waals surface area contributed by atoms with Gasteiger partial charge in [0.05, 0.1) is 11.0 Å². The van der Waals surface area contributed by atoms with Gasteiger partial charge in [-0.15, -0.1) is 11.3 Å². The predicted octanol–water partition coefficient (Wildman–Crippen LogP) is 3.91. The molecule has 0 amide bonds. The first kappa shape index (κ1) is 10.8. The summed E-state index contributed by atoms with van der Waals surface area (Å²) in [5, 5.41) is 1.96. The van der Waals surface area contributed by atoms with Crippen LogP contribution in [0.5, 0.6) is 0 Å². The van der Waals surface area contributed by atoms with Gasteiger partial charge in [0, 0.05) is 22.5 Å². The van der Waals surface area contributed by atoms with Crippen molar-refractivity contribution in [3.05, 3.63) is 58.8 Å². The Bertz CT molecular complexity index is 994. The third kappa shape index (κ3) is 1.33. The summed E-state index contributed by atoms with van der Waals surface area (Å²) in [6.45, 7) is 0. The maximum Gasteiger partial charge on any atom is 0.207 e. The highest BCUT2D eigenvalue weighted by Crippen LogP contribution is 2.32. The van der Waals surface area contributed by atoms with E-state index in [9.17, 15) is 4.79 Å². The van der Waals surface area contributed by atoms with E-state index in [0.29, 0.717) is 0 Å². The van der Waals surface area contributed by atoms with Gasteiger partial charge in [-0.2, -0.15) is 0 Å². The van der Waals surface area contributed by atoms with Crippen LogP contribution in [0.25, 0.3) is 31.2 Å². The number of hydrogen-bond acceptors (Lipinski definition) is 2. The second kappa shape index (κ2) is 3.68. The first-order valence-electron chi connectivity index (χ1n) is 6.16. The highest BCUT2D eigenvalue weighted by Gasteiger charge is 2.13. The van der Waals surface area contributed by atoms with Gasteiger partial charge in [0.2, 0.25) is 5.43 Å². The van der Waals surface area contributed by atoms with Crippen molar-refractivity contribution in [2.45, 2.75) is 0 Å². The molecule has 0 aliphatic carbocycles. The van der Waals surface area contributed by atoms with E-state index in [2.05, 4.69) is 16.7 Å². The van der Waals surface area contributed by atoms with E-state index in [0.717, 1.165) is 26.5 Å². The Morgan fingerprint density at radius 2 is 1.63 bits per heavy atom. The molecule has 4 rings (SSSR count). The van der Waals surface area contributed by atoms with Crippen molar-refractivity contribution >= 4 is 42.5 Å². The van der Waals surface area contributed by atoms with Crippen LogP contribution < -0.4 is 5.43 Å². The van der Waals surface area contributed by atoms with Crippen LogP contribution in [0.4, 0.5) is 0 Å². The minimum Gasteiger partial charge on any atom is -0.342 e. The van der Waals surface area contributed by atoms with E-state index < -0.39 is 0 Å². The number of fused-ring (bicyclic) bond motifs is 4. The molecule has 2 aromatic carbocycles.